The van der Waals surface area contributed by atoms with Gasteiger partial charge in [0.25, 0.3) is 0 Å². The molecule has 0 bridgehead atoms. The summed E-state index contributed by atoms with van der Waals surface area (Å²) in [6.07, 6.45) is 1.49. The summed E-state index contributed by atoms with van der Waals surface area (Å²) in [6.45, 7) is 3.87. The van der Waals surface area contributed by atoms with Crippen LogP contribution in [0.15, 0.2) is 48.7 Å². The van der Waals surface area contributed by atoms with Crippen LogP contribution in [0, 0.1) is 5.92 Å². The maximum absolute atomic E-state index is 13.0. The molecule has 1 unspecified atom stereocenters. The molecule has 30 heavy (non-hydrogen) atoms. The van der Waals surface area contributed by atoms with Crippen molar-refractivity contribution >= 4 is 23.5 Å². The molecule has 0 aliphatic heterocycles. The number of primary amides is 1. The second-order valence-corrected chi connectivity index (χ2v) is 7.22. The van der Waals surface area contributed by atoms with Gasteiger partial charge in [-0.05, 0) is 35.7 Å². The summed E-state index contributed by atoms with van der Waals surface area (Å²) < 4.78 is 5.16. The van der Waals surface area contributed by atoms with Crippen molar-refractivity contribution in [1.82, 2.24) is 9.88 Å². The first kappa shape index (κ1) is 22.9. The minimum atomic E-state index is -0.779. The van der Waals surface area contributed by atoms with Gasteiger partial charge in [0.15, 0.2) is 0 Å². The molecule has 1 aromatic heterocycles. The van der Waals surface area contributed by atoms with E-state index >= 15 is 0 Å². The van der Waals surface area contributed by atoms with Crippen molar-refractivity contribution in [2.75, 3.05) is 12.4 Å². The normalized spacial score (nSPS) is 11.6. The molecule has 1 aromatic carbocycles. The molecule has 1 atom stereocenters. The maximum Gasteiger partial charge on any atom is 0.240 e. The van der Waals surface area contributed by atoms with Gasteiger partial charge in [0.05, 0.1) is 7.11 Å². The van der Waals surface area contributed by atoms with E-state index in [9.17, 15) is 14.4 Å². The molecular weight excluding hydrogens is 384 g/mol. The zero-order valence-corrected chi connectivity index (χ0v) is 17.5. The average Bonchev–Trinajstić information content (AvgIpc) is 2.72. The summed E-state index contributed by atoms with van der Waals surface area (Å²) in [5, 5.41) is 2.65. The summed E-state index contributed by atoms with van der Waals surface area (Å²) in [6, 6.07) is 11.6. The van der Waals surface area contributed by atoms with Crippen molar-refractivity contribution < 1.29 is 19.1 Å². The second-order valence-electron chi connectivity index (χ2n) is 7.22. The summed E-state index contributed by atoms with van der Waals surface area (Å²) in [5.41, 5.74) is 6.42. The highest BCUT2D eigenvalue weighted by molar-refractivity contribution is 5.93. The van der Waals surface area contributed by atoms with Gasteiger partial charge in [0.2, 0.25) is 17.7 Å². The molecule has 0 aliphatic carbocycles. The summed E-state index contributed by atoms with van der Waals surface area (Å²) in [4.78, 5) is 42.7. The first-order valence-electron chi connectivity index (χ1n) is 9.74. The van der Waals surface area contributed by atoms with Crippen LogP contribution < -0.4 is 15.8 Å². The lowest BCUT2D eigenvalue weighted by atomic mass is 10.00. The summed E-state index contributed by atoms with van der Waals surface area (Å²) in [7, 11) is 1.57. The number of nitrogens with zero attached hydrogens (tertiary/aromatic N) is 2. The lowest BCUT2D eigenvalue weighted by Crippen LogP contribution is -2.50. The van der Waals surface area contributed by atoms with E-state index in [4.69, 9.17) is 10.5 Å². The van der Waals surface area contributed by atoms with Gasteiger partial charge >= 0.3 is 0 Å². The molecule has 160 valence electrons. The molecule has 2 rings (SSSR count). The number of anilines is 1. The number of nitrogens with one attached hydrogen (secondary N) is 1. The zero-order valence-electron chi connectivity index (χ0n) is 17.5. The molecule has 8 nitrogen and oxygen atoms in total. The molecule has 0 spiro atoms. The Morgan fingerprint density at radius 1 is 1.10 bits per heavy atom. The van der Waals surface area contributed by atoms with Gasteiger partial charge in [-0.2, -0.15) is 0 Å². The summed E-state index contributed by atoms with van der Waals surface area (Å²) >= 11 is 0. The van der Waals surface area contributed by atoms with E-state index in [0.717, 1.165) is 5.56 Å². The largest absolute Gasteiger partial charge is 0.497 e. The number of ether oxygens (including phenoxy) is 1. The zero-order chi connectivity index (χ0) is 22.1. The monoisotopic (exact) mass is 412 g/mol. The first-order chi connectivity index (χ1) is 14.3. The molecule has 0 saturated heterocycles. The van der Waals surface area contributed by atoms with Crippen molar-refractivity contribution in [3.8, 4) is 5.75 Å². The van der Waals surface area contributed by atoms with E-state index in [2.05, 4.69) is 10.3 Å². The summed E-state index contributed by atoms with van der Waals surface area (Å²) in [5.74, 6) is -0.289. The molecule has 0 fully saturated rings. The topological polar surface area (TPSA) is 115 Å². The van der Waals surface area contributed by atoms with Crippen LogP contribution in [0.5, 0.6) is 5.75 Å². The molecule has 2 aromatic rings. The van der Waals surface area contributed by atoms with Crippen LogP contribution in [0.25, 0.3) is 0 Å². The minimum absolute atomic E-state index is 0.0297. The number of methoxy groups -OCH3 is 1. The number of nitrogens with two attached hydrogens (primary N) is 1. The predicted molar refractivity (Wildman–Crippen MR) is 113 cm³/mol. The third kappa shape index (κ3) is 6.58. The number of aromatic nitrogens is 1. The molecule has 3 amide bonds. The number of benzene rings is 1. The standard InChI is InChI=1S/C22H28N4O4/c1-15(2)21(22(23)29)26(14-16-7-9-17(30-3)10-8-16)20(28)12-11-19(27)25-18-6-4-5-13-24-18/h4-10,13,15,21H,11-12,14H2,1-3H3,(H2,23,29)(H,24,25,27). The van der Waals surface area contributed by atoms with Crippen LogP contribution >= 0.6 is 0 Å². The van der Waals surface area contributed by atoms with Crippen LogP contribution in [-0.4, -0.2) is 40.8 Å². The number of carbonyl (C=O) groups is 3. The Balaban J connectivity index is 2.10. The maximum atomic E-state index is 13.0. The molecule has 8 heteroatoms. The van der Waals surface area contributed by atoms with E-state index in [1.807, 2.05) is 26.0 Å². The molecular formula is C22H28N4O4. The third-order valence-electron chi connectivity index (χ3n) is 4.59. The number of pyridine rings is 1. The van der Waals surface area contributed by atoms with Crippen molar-refractivity contribution in [1.29, 1.82) is 0 Å². The van der Waals surface area contributed by atoms with Crippen LogP contribution in [0.2, 0.25) is 0 Å². The van der Waals surface area contributed by atoms with Crippen LogP contribution in [0.1, 0.15) is 32.3 Å². The number of rotatable bonds is 10. The Morgan fingerprint density at radius 2 is 1.80 bits per heavy atom. The fourth-order valence-corrected chi connectivity index (χ4v) is 3.12. The van der Waals surface area contributed by atoms with Crippen LogP contribution in [0.4, 0.5) is 5.82 Å². The van der Waals surface area contributed by atoms with E-state index in [1.165, 1.54) is 4.90 Å². The van der Waals surface area contributed by atoms with Crippen LogP contribution in [0.3, 0.4) is 0 Å². The highest BCUT2D eigenvalue weighted by Crippen LogP contribution is 2.19. The van der Waals surface area contributed by atoms with Gasteiger partial charge in [-0.25, -0.2) is 4.98 Å². The van der Waals surface area contributed by atoms with Gasteiger partial charge < -0.3 is 20.7 Å². The van der Waals surface area contributed by atoms with Gasteiger partial charge in [-0.3, -0.25) is 14.4 Å². The van der Waals surface area contributed by atoms with E-state index in [1.54, 1.807) is 43.6 Å². The quantitative estimate of drug-likeness (QED) is 0.622. The van der Waals surface area contributed by atoms with E-state index in [0.29, 0.717) is 11.6 Å². The lowest BCUT2D eigenvalue weighted by molar-refractivity contribution is -0.142. The number of hydrogen-bond acceptors (Lipinski definition) is 5. The molecule has 0 aliphatic rings. The van der Waals surface area contributed by atoms with Crippen molar-refractivity contribution in [3.05, 3.63) is 54.2 Å². The number of carbonyl (C=O) groups excluding carboxylic acids is 3. The lowest BCUT2D eigenvalue weighted by Gasteiger charge is -2.32. The van der Waals surface area contributed by atoms with Crippen molar-refractivity contribution in [2.45, 2.75) is 39.3 Å². The fraction of sp³-hybridized carbons (Fsp3) is 0.364. The second kappa shape index (κ2) is 10.9. The first-order valence-corrected chi connectivity index (χ1v) is 9.74. The Hall–Kier alpha value is -3.42. The average molecular weight is 412 g/mol. The Bertz CT molecular complexity index is 853. The molecule has 0 radical (unpaired) electrons. The molecule has 1 heterocycles. The minimum Gasteiger partial charge on any atom is -0.497 e. The van der Waals surface area contributed by atoms with Crippen molar-refractivity contribution in [2.24, 2.45) is 11.7 Å². The van der Waals surface area contributed by atoms with Gasteiger partial charge in [0, 0.05) is 25.6 Å². The smallest absolute Gasteiger partial charge is 0.240 e. The van der Waals surface area contributed by atoms with Gasteiger partial charge in [-0.1, -0.05) is 32.0 Å². The Labute approximate surface area is 176 Å². The third-order valence-corrected chi connectivity index (χ3v) is 4.59. The number of amides is 3. The van der Waals surface area contributed by atoms with E-state index in [-0.39, 0.29) is 37.1 Å². The van der Waals surface area contributed by atoms with Crippen LogP contribution in [-0.2, 0) is 20.9 Å². The van der Waals surface area contributed by atoms with Gasteiger partial charge in [-0.15, -0.1) is 0 Å². The predicted octanol–water partition coefficient (Wildman–Crippen LogP) is 2.35. The fourth-order valence-electron chi connectivity index (χ4n) is 3.12. The van der Waals surface area contributed by atoms with Crippen molar-refractivity contribution in [3.63, 3.8) is 0 Å². The highest BCUT2D eigenvalue weighted by Gasteiger charge is 2.31. The SMILES string of the molecule is COc1ccc(CN(C(=O)CCC(=O)Nc2ccccn2)C(C(N)=O)C(C)C)cc1. The van der Waals surface area contributed by atoms with Gasteiger partial charge in [0.1, 0.15) is 17.6 Å². The molecule has 3 N–H and O–H groups in total. The Kier molecular flexibility index (Phi) is 8.34. The number of hydrogen-bond donors (Lipinski definition) is 2. The molecule has 0 saturated carbocycles. The highest BCUT2D eigenvalue weighted by atomic mass is 16.5. The van der Waals surface area contributed by atoms with E-state index < -0.39 is 11.9 Å². The Morgan fingerprint density at radius 3 is 2.33 bits per heavy atom.